The molecule has 0 unspecified atom stereocenters. The van der Waals surface area contributed by atoms with Crippen LogP contribution in [0.1, 0.15) is 23.4 Å². The molecule has 0 bridgehead atoms. The molecule has 1 fully saturated rings. The molecule has 182 valence electrons. The minimum absolute atomic E-state index is 0.0862. The maximum absolute atomic E-state index is 12.8. The van der Waals surface area contributed by atoms with Crippen molar-refractivity contribution >= 4 is 34.9 Å². The lowest BCUT2D eigenvalue weighted by Gasteiger charge is -2.14. The fourth-order valence-electron chi connectivity index (χ4n) is 3.53. The van der Waals surface area contributed by atoms with E-state index in [-0.39, 0.29) is 35.6 Å². The number of rotatable bonds is 10. The summed E-state index contributed by atoms with van der Waals surface area (Å²) < 4.78 is 17.8. The Kier molecular flexibility index (Phi) is 8.21. The van der Waals surface area contributed by atoms with E-state index in [0.717, 1.165) is 28.0 Å². The predicted molar refractivity (Wildman–Crippen MR) is 128 cm³/mol. The molecule has 3 amide bonds. The van der Waals surface area contributed by atoms with Crippen molar-refractivity contribution in [1.82, 2.24) is 20.0 Å². The van der Waals surface area contributed by atoms with Gasteiger partial charge in [-0.2, -0.15) is 5.10 Å². The average Bonchev–Trinajstić information content (AvgIpc) is 3.28. The summed E-state index contributed by atoms with van der Waals surface area (Å²) >= 11 is 0.845. The van der Waals surface area contributed by atoms with Gasteiger partial charge in [-0.15, -0.1) is 0 Å². The van der Waals surface area contributed by atoms with Crippen LogP contribution in [0, 0.1) is 13.8 Å². The number of methoxy groups -OCH3 is 3. The van der Waals surface area contributed by atoms with E-state index in [2.05, 4.69) is 10.4 Å². The number of aromatic nitrogens is 2. The van der Waals surface area contributed by atoms with Crippen molar-refractivity contribution in [1.29, 1.82) is 0 Å². The van der Waals surface area contributed by atoms with Crippen LogP contribution < -0.4 is 19.5 Å². The van der Waals surface area contributed by atoms with E-state index < -0.39 is 5.91 Å². The average molecular weight is 489 g/mol. The summed E-state index contributed by atoms with van der Waals surface area (Å²) in [5, 5.41) is 6.69. The summed E-state index contributed by atoms with van der Waals surface area (Å²) in [7, 11) is 4.50. The van der Waals surface area contributed by atoms with Crippen LogP contribution in [0.3, 0.4) is 0 Å². The highest BCUT2D eigenvalue weighted by molar-refractivity contribution is 8.18. The molecule has 1 saturated heterocycles. The van der Waals surface area contributed by atoms with Crippen molar-refractivity contribution in [3.8, 4) is 17.2 Å². The number of amides is 3. The first kappa shape index (κ1) is 25.2. The Labute approximate surface area is 202 Å². The monoisotopic (exact) mass is 488 g/mol. The second-order valence-corrected chi connectivity index (χ2v) is 8.54. The number of thioether (sulfide) groups is 1. The van der Waals surface area contributed by atoms with Gasteiger partial charge in [-0.3, -0.25) is 24.0 Å². The molecular weight excluding hydrogens is 460 g/mol. The van der Waals surface area contributed by atoms with Crippen molar-refractivity contribution < 1.29 is 28.6 Å². The predicted octanol–water partition coefficient (Wildman–Crippen LogP) is 2.77. The highest BCUT2D eigenvalue weighted by Gasteiger charge is 2.34. The molecule has 2 heterocycles. The molecule has 1 aromatic carbocycles. The molecule has 0 atom stereocenters. The van der Waals surface area contributed by atoms with Gasteiger partial charge in [-0.1, -0.05) is 0 Å². The van der Waals surface area contributed by atoms with Crippen molar-refractivity contribution in [2.45, 2.75) is 26.8 Å². The molecule has 1 N–H and O–H groups in total. The summed E-state index contributed by atoms with van der Waals surface area (Å²) in [5.74, 6) is 0.725. The number of imide groups is 1. The smallest absolute Gasteiger partial charge is 0.293 e. The topological polar surface area (TPSA) is 112 Å². The summed E-state index contributed by atoms with van der Waals surface area (Å²) in [5.41, 5.74) is 2.51. The second kappa shape index (κ2) is 11.1. The number of ether oxygens (including phenoxy) is 3. The first-order valence-electron chi connectivity index (χ1n) is 10.6. The van der Waals surface area contributed by atoms with E-state index in [1.165, 1.54) is 21.3 Å². The molecule has 0 saturated carbocycles. The van der Waals surface area contributed by atoms with Gasteiger partial charge in [0, 0.05) is 31.7 Å². The maximum atomic E-state index is 12.8. The zero-order valence-electron chi connectivity index (χ0n) is 19.8. The van der Waals surface area contributed by atoms with Gasteiger partial charge >= 0.3 is 0 Å². The van der Waals surface area contributed by atoms with Gasteiger partial charge in [0.2, 0.25) is 11.7 Å². The van der Waals surface area contributed by atoms with Crippen LogP contribution in [0.2, 0.25) is 0 Å². The molecule has 10 nitrogen and oxygen atoms in total. The summed E-state index contributed by atoms with van der Waals surface area (Å²) in [6, 6.07) is 5.33. The van der Waals surface area contributed by atoms with Crippen molar-refractivity contribution in [2.75, 3.05) is 34.4 Å². The molecule has 11 heteroatoms. The largest absolute Gasteiger partial charge is 0.493 e. The molecule has 1 aromatic heterocycles. The van der Waals surface area contributed by atoms with E-state index in [9.17, 15) is 14.4 Å². The highest BCUT2D eigenvalue weighted by Crippen LogP contribution is 2.40. The number of aryl methyl sites for hydroxylation is 3. The third-order valence-electron chi connectivity index (χ3n) is 5.17. The lowest BCUT2D eigenvalue weighted by atomic mass is 10.1. The molecule has 0 aliphatic carbocycles. The van der Waals surface area contributed by atoms with Gasteiger partial charge in [0.15, 0.2) is 11.5 Å². The molecule has 0 spiro atoms. The Balaban J connectivity index is 1.58. The van der Waals surface area contributed by atoms with Gasteiger partial charge in [0.05, 0.1) is 31.9 Å². The van der Waals surface area contributed by atoms with Gasteiger partial charge in [-0.25, -0.2) is 0 Å². The lowest BCUT2D eigenvalue weighted by Crippen LogP contribution is -2.37. The molecule has 3 rings (SSSR count). The lowest BCUT2D eigenvalue weighted by molar-refractivity contribution is -0.124. The van der Waals surface area contributed by atoms with Gasteiger partial charge in [0.25, 0.3) is 11.1 Å². The molecule has 34 heavy (non-hydrogen) atoms. The molecule has 2 aromatic rings. The van der Waals surface area contributed by atoms with Crippen LogP contribution in [0.4, 0.5) is 4.79 Å². The van der Waals surface area contributed by atoms with E-state index in [1.54, 1.807) is 22.9 Å². The molecular formula is C23H28N4O6S. The van der Waals surface area contributed by atoms with Crippen molar-refractivity contribution in [2.24, 2.45) is 0 Å². The Morgan fingerprint density at radius 3 is 2.29 bits per heavy atom. The summed E-state index contributed by atoms with van der Waals surface area (Å²) in [6.07, 6.45) is 1.85. The SMILES string of the molecule is COc1cc(C=C2SC(=O)N(CCNC(=O)CCn3nc(C)cc3C)C2=O)cc(OC)c1OC. The van der Waals surface area contributed by atoms with Crippen molar-refractivity contribution in [3.05, 3.63) is 40.1 Å². The molecule has 1 aliphatic rings. The van der Waals surface area contributed by atoms with E-state index in [0.29, 0.717) is 29.4 Å². The quantitative estimate of drug-likeness (QED) is 0.508. The Morgan fingerprint density at radius 2 is 1.74 bits per heavy atom. The van der Waals surface area contributed by atoms with Crippen LogP contribution in [-0.2, 0) is 16.1 Å². The third kappa shape index (κ3) is 5.71. The van der Waals surface area contributed by atoms with Crippen molar-refractivity contribution in [3.63, 3.8) is 0 Å². The maximum Gasteiger partial charge on any atom is 0.293 e. The number of hydrogen-bond acceptors (Lipinski definition) is 8. The van der Waals surface area contributed by atoms with Crippen LogP contribution in [-0.4, -0.2) is 66.2 Å². The normalized spacial score (nSPS) is 14.6. The highest BCUT2D eigenvalue weighted by atomic mass is 32.2. The number of nitrogens with one attached hydrogen (secondary N) is 1. The van der Waals surface area contributed by atoms with Gasteiger partial charge in [-0.05, 0) is 55.4 Å². The van der Waals surface area contributed by atoms with E-state index in [4.69, 9.17) is 14.2 Å². The molecule has 0 radical (unpaired) electrons. The summed E-state index contributed by atoms with van der Waals surface area (Å²) in [6.45, 7) is 4.55. The first-order valence-corrected chi connectivity index (χ1v) is 11.4. The number of nitrogens with zero attached hydrogens (tertiary/aromatic N) is 3. The minimum Gasteiger partial charge on any atom is -0.493 e. The number of benzene rings is 1. The third-order valence-corrected chi connectivity index (χ3v) is 6.08. The number of hydrogen-bond donors (Lipinski definition) is 1. The standard InChI is InChI=1S/C23H28N4O6S/c1-14-10-15(2)27(25-14)8-6-20(28)24-7-9-26-22(29)19(34-23(26)30)13-16-11-17(31-3)21(33-5)18(12-16)32-4/h10-13H,6-9H2,1-5H3,(H,24,28). The Bertz CT molecular complexity index is 1100. The Hall–Kier alpha value is -3.47. The minimum atomic E-state index is -0.416. The Morgan fingerprint density at radius 1 is 1.06 bits per heavy atom. The van der Waals surface area contributed by atoms with Crippen LogP contribution in [0.15, 0.2) is 23.1 Å². The van der Waals surface area contributed by atoms with Gasteiger partial charge in [0.1, 0.15) is 0 Å². The zero-order chi connectivity index (χ0) is 24.8. The summed E-state index contributed by atoms with van der Waals surface area (Å²) in [4.78, 5) is 38.7. The molecule has 1 aliphatic heterocycles. The number of carbonyl (C=O) groups excluding carboxylic acids is 3. The second-order valence-electron chi connectivity index (χ2n) is 7.54. The van der Waals surface area contributed by atoms with Gasteiger partial charge < -0.3 is 19.5 Å². The van der Waals surface area contributed by atoms with E-state index >= 15 is 0 Å². The fraction of sp³-hybridized carbons (Fsp3) is 0.391. The van der Waals surface area contributed by atoms with Crippen LogP contribution >= 0.6 is 11.8 Å². The number of carbonyl (C=O) groups is 3. The van der Waals surface area contributed by atoms with E-state index in [1.807, 2.05) is 19.9 Å². The zero-order valence-corrected chi connectivity index (χ0v) is 20.7. The first-order chi connectivity index (χ1) is 16.3. The van der Waals surface area contributed by atoms with Crippen LogP contribution in [0.5, 0.6) is 17.2 Å². The van der Waals surface area contributed by atoms with Crippen LogP contribution in [0.25, 0.3) is 6.08 Å². The fourth-order valence-corrected chi connectivity index (χ4v) is 4.40.